The van der Waals surface area contributed by atoms with E-state index >= 15 is 0 Å². The smallest absolute Gasteiger partial charge is 0.407 e. The van der Waals surface area contributed by atoms with Crippen molar-refractivity contribution in [2.75, 3.05) is 24.5 Å². The molecule has 0 aromatic heterocycles. The molecule has 1 unspecified atom stereocenters. The van der Waals surface area contributed by atoms with Crippen molar-refractivity contribution >= 4 is 29.5 Å². The summed E-state index contributed by atoms with van der Waals surface area (Å²) in [6.07, 6.45) is 6.79. The number of carbonyl (C=O) groups excluding carboxylic acids is 4. The molecule has 1 saturated heterocycles. The molecule has 2 aliphatic heterocycles. The van der Waals surface area contributed by atoms with Crippen molar-refractivity contribution in [3.63, 3.8) is 0 Å². The van der Waals surface area contributed by atoms with Gasteiger partial charge in [0.2, 0.25) is 11.8 Å². The summed E-state index contributed by atoms with van der Waals surface area (Å²) in [7, 11) is 0. The lowest BCUT2D eigenvalue weighted by Crippen LogP contribution is -2.52. The molecular formula is C27H38N4O5. The summed E-state index contributed by atoms with van der Waals surface area (Å²) in [5, 5.41) is 5.15. The third-order valence-electron chi connectivity index (χ3n) is 6.22. The summed E-state index contributed by atoms with van der Waals surface area (Å²) in [4.78, 5) is 52.9. The van der Waals surface area contributed by atoms with E-state index in [1.807, 2.05) is 52.0 Å². The predicted molar refractivity (Wildman–Crippen MR) is 138 cm³/mol. The van der Waals surface area contributed by atoms with Gasteiger partial charge in [0, 0.05) is 49.4 Å². The van der Waals surface area contributed by atoms with Gasteiger partial charge in [-0.1, -0.05) is 18.2 Å². The molecular weight excluding hydrogens is 460 g/mol. The van der Waals surface area contributed by atoms with E-state index in [1.165, 1.54) is 0 Å². The highest BCUT2D eigenvalue weighted by Crippen LogP contribution is 2.34. The minimum Gasteiger partial charge on any atom is -0.444 e. The molecule has 1 atom stereocenters. The maximum Gasteiger partial charge on any atom is 0.407 e. The monoisotopic (exact) mass is 498 g/mol. The molecule has 3 rings (SSSR count). The van der Waals surface area contributed by atoms with Crippen LogP contribution in [-0.2, 0) is 20.9 Å². The second-order valence-corrected chi connectivity index (χ2v) is 10.2. The van der Waals surface area contributed by atoms with E-state index in [-0.39, 0.29) is 18.2 Å². The second-order valence-electron chi connectivity index (χ2n) is 10.2. The van der Waals surface area contributed by atoms with Crippen LogP contribution in [0.5, 0.6) is 0 Å². The van der Waals surface area contributed by atoms with Crippen LogP contribution in [0.25, 0.3) is 0 Å². The first-order valence-corrected chi connectivity index (χ1v) is 12.7. The molecule has 0 saturated carbocycles. The molecule has 2 aliphatic rings. The van der Waals surface area contributed by atoms with Crippen molar-refractivity contribution in [1.82, 2.24) is 15.5 Å². The van der Waals surface area contributed by atoms with Crippen LogP contribution in [0.15, 0.2) is 30.4 Å². The number of fused-ring (bicyclic) bond motifs is 1. The van der Waals surface area contributed by atoms with Crippen molar-refractivity contribution in [3.05, 3.63) is 41.5 Å². The number of nitrogens with one attached hydrogen (secondary N) is 2. The lowest BCUT2D eigenvalue weighted by atomic mass is 10.0. The van der Waals surface area contributed by atoms with Crippen LogP contribution in [0.3, 0.4) is 0 Å². The summed E-state index contributed by atoms with van der Waals surface area (Å²) in [5.41, 5.74) is 1.99. The number of allylic oxidation sites excluding steroid dienone is 1. The number of carbonyl (C=O) groups is 4. The number of ether oxygens (including phenoxy) is 1. The quantitative estimate of drug-likeness (QED) is 0.290. The SMILES string of the molecule is C/C=C/CCN(CCCCNC(=O)OC(C)(C)C)c1cccc2c1CN(C1CCC(=O)NC1=O)C2=O. The maximum absolute atomic E-state index is 13.2. The van der Waals surface area contributed by atoms with Crippen molar-refractivity contribution in [1.29, 1.82) is 0 Å². The number of alkyl carbamates (subject to hydrolysis) is 1. The number of anilines is 1. The fourth-order valence-corrected chi connectivity index (χ4v) is 4.55. The highest BCUT2D eigenvalue weighted by atomic mass is 16.6. The number of nitrogens with zero attached hydrogens (tertiary/aromatic N) is 2. The molecule has 0 bridgehead atoms. The second kappa shape index (κ2) is 12.1. The van der Waals surface area contributed by atoms with Gasteiger partial charge in [0.15, 0.2) is 0 Å². The van der Waals surface area contributed by atoms with E-state index in [1.54, 1.807) is 4.90 Å². The molecule has 4 amide bonds. The van der Waals surface area contributed by atoms with Gasteiger partial charge in [-0.15, -0.1) is 0 Å². The van der Waals surface area contributed by atoms with Crippen LogP contribution >= 0.6 is 0 Å². The third kappa shape index (κ3) is 7.08. The fourth-order valence-electron chi connectivity index (χ4n) is 4.55. The van der Waals surface area contributed by atoms with Crippen molar-refractivity contribution in [2.45, 2.75) is 78.0 Å². The van der Waals surface area contributed by atoms with Crippen LogP contribution in [0.1, 0.15) is 75.7 Å². The summed E-state index contributed by atoms with van der Waals surface area (Å²) in [5.74, 6) is -0.870. The van der Waals surface area contributed by atoms with Crippen molar-refractivity contribution < 1.29 is 23.9 Å². The highest BCUT2D eigenvalue weighted by molar-refractivity contribution is 6.06. The Hall–Kier alpha value is -3.36. The largest absolute Gasteiger partial charge is 0.444 e. The van der Waals surface area contributed by atoms with Crippen molar-refractivity contribution in [3.8, 4) is 0 Å². The van der Waals surface area contributed by atoms with Gasteiger partial charge in [-0.2, -0.15) is 0 Å². The summed E-state index contributed by atoms with van der Waals surface area (Å²) >= 11 is 0. The summed E-state index contributed by atoms with van der Waals surface area (Å²) < 4.78 is 5.28. The Morgan fingerprint density at radius 2 is 2.00 bits per heavy atom. The minimum atomic E-state index is -0.633. The molecule has 0 radical (unpaired) electrons. The Balaban J connectivity index is 1.67. The van der Waals surface area contributed by atoms with Gasteiger partial charge in [-0.05, 0) is 65.5 Å². The number of unbranched alkanes of at least 4 members (excludes halogenated alkanes) is 1. The van der Waals surface area contributed by atoms with Gasteiger partial charge >= 0.3 is 6.09 Å². The maximum atomic E-state index is 13.2. The first-order valence-electron chi connectivity index (χ1n) is 12.7. The van der Waals surface area contributed by atoms with Crippen LogP contribution < -0.4 is 15.5 Å². The Morgan fingerprint density at radius 3 is 2.69 bits per heavy atom. The van der Waals surface area contributed by atoms with Crippen LogP contribution in [0.2, 0.25) is 0 Å². The normalized spacial score (nSPS) is 17.8. The summed E-state index contributed by atoms with van der Waals surface area (Å²) in [6, 6.07) is 5.08. The molecule has 9 heteroatoms. The van der Waals surface area contributed by atoms with Gasteiger partial charge in [-0.3, -0.25) is 19.7 Å². The number of benzene rings is 1. The van der Waals surface area contributed by atoms with Gasteiger partial charge in [0.25, 0.3) is 5.91 Å². The van der Waals surface area contributed by atoms with Crippen molar-refractivity contribution in [2.24, 2.45) is 0 Å². The third-order valence-corrected chi connectivity index (χ3v) is 6.22. The number of piperidine rings is 1. The van der Waals surface area contributed by atoms with Gasteiger partial charge < -0.3 is 19.9 Å². The fraction of sp³-hybridized carbons (Fsp3) is 0.556. The zero-order chi connectivity index (χ0) is 26.3. The Labute approximate surface area is 213 Å². The number of amides is 4. The Morgan fingerprint density at radius 1 is 1.22 bits per heavy atom. The number of hydrogen-bond acceptors (Lipinski definition) is 6. The van der Waals surface area contributed by atoms with E-state index in [9.17, 15) is 19.2 Å². The van der Waals surface area contributed by atoms with E-state index in [4.69, 9.17) is 4.74 Å². The molecule has 36 heavy (non-hydrogen) atoms. The molecule has 1 aromatic carbocycles. The number of imide groups is 1. The molecule has 0 aliphatic carbocycles. The summed E-state index contributed by atoms with van der Waals surface area (Å²) in [6.45, 7) is 9.90. The highest BCUT2D eigenvalue weighted by Gasteiger charge is 2.40. The zero-order valence-electron chi connectivity index (χ0n) is 21.8. The average Bonchev–Trinajstić information content (AvgIpc) is 3.13. The molecule has 2 N–H and O–H groups in total. The lowest BCUT2D eigenvalue weighted by molar-refractivity contribution is -0.136. The lowest BCUT2D eigenvalue weighted by Gasteiger charge is -2.30. The van der Waals surface area contributed by atoms with Gasteiger partial charge in [0.1, 0.15) is 11.6 Å². The topological polar surface area (TPSA) is 108 Å². The zero-order valence-corrected chi connectivity index (χ0v) is 21.8. The number of hydrogen-bond donors (Lipinski definition) is 2. The Kier molecular flexibility index (Phi) is 9.12. The predicted octanol–water partition coefficient (Wildman–Crippen LogP) is 3.53. The van der Waals surface area contributed by atoms with E-state index in [0.717, 1.165) is 43.6 Å². The first kappa shape index (κ1) is 27.2. The first-order chi connectivity index (χ1) is 17.1. The molecule has 1 fully saturated rings. The van der Waals surface area contributed by atoms with E-state index in [2.05, 4.69) is 21.6 Å². The molecule has 1 aromatic rings. The molecule has 196 valence electrons. The molecule has 2 heterocycles. The van der Waals surface area contributed by atoms with E-state index < -0.39 is 23.6 Å². The van der Waals surface area contributed by atoms with Crippen LogP contribution in [-0.4, -0.2) is 60.0 Å². The Bertz CT molecular complexity index is 1010. The van der Waals surface area contributed by atoms with E-state index in [0.29, 0.717) is 25.1 Å². The van der Waals surface area contributed by atoms with Crippen LogP contribution in [0.4, 0.5) is 10.5 Å². The molecule has 9 nitrogen and oxygen atoms in total. The molecule has 0 spiro atoms. The van der Waals surface area contributed by atoms with Gasteiger partial charge in [-0.25, -0.2) is 4.79 Å². The standard InChI is InChI=1S/C27H38N4O5/c1-5-6-8-16-30(17-9-7-15-28-26(35)36-27(2,3)4)21-12-10-11-19-20(21)18-31(25(19)34)22-13-14-23(32)29-24(22)33/h5-6,10-12,22H,7-9,13-18H2,1-4H3,(H,28,35)(H,29,32,33)/b6-5+. The average molecular weight is 499 g/mol. The van der Waals surface area contributed by atoms with Gasteiger partial charge in [0.05, 0.1) is 0 Å². The van der Waals surface area contributed by atoms with Crippen LogP contribution in [0, 0.1) is 0 Å². The number of rotatable bonds is 10. The minimum absolute atomic E-state index is 0.170.